The Morgan fingerprint density at radius 2 is 1.89 bits per heavy atom. The van der Waals surface area contributed by atoms with E-state index >= 15 is 0 Å². The van der Waals surface area contributed by atoms with Crippen LogP contribution in [0.4, 0.5) is 5.82 Å². The summed E-state index contributed by atoms with van der Waals surface area (Å²) < 4.78 is 7.09. The minimum atomic E-state index is 0.464. The SMILES string of the molecule is CCOc1ccc(-n2nnc(-c3nc(-c4cc(C)ccc4C)cs3)c2N)cc1. The third-order valence-electron chi connectivity index (χ3n) is 4.47. The van der Waals surface area contributed by atoms with E-state index in [-0.39, 0.29) is 0 Å². The van der Waals surface area contributed by atoms with E-state index < -0.39 is 0 Å². The molecule has 2 N–H and O–H groups in total. The largest absolute Gasteiger partial charge is 0.494 e. The maximum Gasteiger partial charge on any atom is 0.165 e. The molecule has 0 unspecified atom stereocenters. The molecule has 0 atom stereocenters. The molecule has 0 aliphatic carbocycles. The fourth-order valence-electron chi connectivity index (χ4n) is 3.00. The molecule has 0 fully saturated rings. The number of aryl methyl sites for hydroxylation is 2. The summed E-state index contributed by atoms with van der Waals surface area (Å²) in [6.45, 7) is 6.75. The number of nitrogens with two attached hydrogens (primary N) is 1. The van der Waals surface area contributed by atoms with Crippen molar-refractivity contribution in [1.82, 2.24) is 20.0 Å². The topological polar surface area (TPSA) is 78.8 Å². The van der Waals surface area contributed by atoms with Gasteiger partial charge in [-0.1, -0.05) is 22.9 Å². The first kappa shape index (κ1) is 18.2. The van der Waals surface area contributed by atoms with Crippen molar-refractivity contribution in [2.45, 2.75) is 20.8 Å². The van der Waals surface area contributed by atoms with Crippen LogP contribution >= 0.6 is 11.3 Å². The number of hydrogen-bond acceptors (Lipinski definition) is 6. The highest BCUT2D eigenvalue weighted by Gasteiger charge is 2.17. The standard InChI is InChI=1S/C21H21N5OS/c1-4-27-16-9-7-15(8-10-16)26-20(22)19(24-25-26)21-23-18(12-28-21)17-11-13(2)5-6-14(17)3/h5-12H,4,22H2,1-3H3. The number of hydrogen-bond donors (Lipinski definition) is 1. The van der Waals surface area contributed by atoms with Crippen LogP contribution in [0.3, 0.4) is 0 Å². The van der Waals surface area contributed by atoms with Crippen LogP contribution in [0, 0.1) is 13.8 Å². The van der Waals surface area contributed by atoms with Crippen LogP contribution in [-0.2, 0) is 0 Å². The van der Waals surface area contributed by atoms with Gasteiger partial charge in [-0.15, -0.1) is 16.4 Å². The molecule has 6 nitrogen and oxygen atoms in total. The number of thiazole rings is 1. The normalized spacial score (nSPS) is 11.0. The van der Waals surface area contributed by atoms with Gasteiger partial charge in [0.15, 0.2) is 11.5 Å². The van der Waals surface area contributed by atoms with Crippen molar-refractivity contribution in [1.29, 1.82) is 0 Å². The quantitative estimate of drug-likeness (QED) is 0.535. The Balaban J connectivity index is 1.66. The van der Waals surface area contributed by atoms with Crippen LogP contribution in [-0.4, -0.2) is 26.6 Å². The van der Waals surface area contributed by atoms with Crippen LogP contribution in [0.15, 0.2) is 47.8 Å². The maximum absolute atomic E-state index is 6.34. The van der Waals surface area contributed by atoms with Gasteiger partial charge in [-0.25, -0.2) is 4.98 Å². The molecular weight excluding hydrogens is 370 g/mol. The van der Waals surface area contributed by atoms with Gasteiger partial charge in [0.2, 0.25) is 0 Å². The van der Waals surface area contributed by atoms with Crippen molar-refractivity contribution < 1.29 is 4.74 Å². The molecule has 4 aromatic rings. The fourth-order valence-corrected chi connectivity index (χ4v) is 3.81. The van der Waals surface area contributed by atoms with Crippen LogP contribution in [0.5, 0.6) is 5.75 Å². The maximum atomic E-state index is 6.34. The number of rotatable bonds is 5. The molecule has 2 aromatic carbocycles. The van der Waals surface area contributed by atoms with E-state index in [2.05, 4.69) is 42.4 Å². The second kappa shape index (κ2) is 7.44. The Hall–Kier alpha value is -3.19. The van der Waals surface area contributed by atoms with Crippen molar-refractivity contribution in [2.24, 2.45) is 0 Å². The van der Waals surface area contributed by atoms with Crippen molar-refractivity contribution in [3.05, 3.63) is 59.0 Å². The zero-order valence-corrected chi connectivity index (χ0v) is 16.8. The Morgan fingerprint density at radius 1 is 1.11 bits per heavy atom. The van der Waals surface area contributed by atoms with Gasteiger partial charge < -0.3 is 10.5 Å². The predicted octanol–water partition coefficient (Wildman–Crippen LogP) is 4.66. The fraction of sp³-hybridized carbons (Fsp3) is 0.190. The van der Waals surface area contributed by atoms with Gasteiger partial charge in [0.1, 0.15) is 10.8 Å². The van der Waals surface area contributed by atoms with Crippen LogP contribution < -0.4 is 10.5 Å². The molecular formula is C21H21N5OS. The molecule has 7 heteroatoms. The number of ether oxygens (including phenoxy) is 1. The zero-order valence-electron chi connectivity index (χ0n) is 16.0. The van der Waals surface area contributed by atoms with Crippen molar-refractivity contribution in [3.8, 4) is 33.4 Å². The van der Waals surface area contributed by atoms with E-state index in [1.807, 2.05) is 36.6 Å². The smallest absolute Gasteiger partial charge is 0.165 e. The molecule has 2 aromatic heterocycles. The Bertz CT molecular complexity index is 1110. The van der Waals surface area contributed by atoms with Crippen LogP contribution in [0.25, 0.3) is 27.6 Å². The van der Waals surface area contributed by atoms with Crippen LogP contribution in [0.2, 0.25) is 0 Å². The van der Waals surface area contributed by atoms with E-state index in [4.69, 9.17) is 15.5 Å². The molecule has 0 bridgehead atoms. The predicted molar refractivity (Wildman–Crippen MR) is 113 cm³/mol. The van der Waals surface area contributed by atoms with E-state index in [1.54, 1.807) is 4.68 Å². The summed E-state index contributed by atoms with van der Waals surface area (Å²) in [5.74, 6) is 1.27. The molecule has 0 saturated heterocycles. The molecule has 28 heavy (non-hydrogen) atoms. The lowest BCUT2D eigenvalue weighted by Gasteiger charge is -2.06. The molecule has 0 saturated carbocycles. The van der Waals surface area contributed by atoms with Gasteiger partial charge >= 0.3 is 0 Å². The first-order chi connectivity index (χ1) is 13.6. The van der Waals surface area contributed by atoms with Crippen LogP contribution in [0.1, 0.15) is 18.1 Å². The summed E-state index contributed by atoms with van der Waals surface area (Å²) in [6, 6.07) is 14.0. The van der Waals surface area contributed by atoms with Crippen molar-refractivity contribution in [3.63, 3.8) is 0 Å². The summed E-state index contributed by atoms with van der Waals surface area (Å²) in [4.78, 5) is 4.76. The number of nitrogens with zero attached hydrogens (tertiary/aromatic N) is 4. The first-order valence-corrected chi connectivity index (χ1v) is 9.92. The Morgan fingerprint density at radius 3 is 2.64 bits per heavy atom. The van der Waals surface area contributed by atoms with Crippen molar-refractivity contribution in [2.75, 3.05) is 12.3 Å². The number of benzene rings is 2. The highest BCUT2D eigenvalue weighted by molar-refractivity contribution is 7.13. The minimum absolute atomic E-state index is 0.464. The average Bonchev–Trinajstić information content (AvgIpc) is 3.31. The number of nitrogen functional groups attached to an aromatic ring is 1. The van der Waals surface area contributed by atoms with Gasteiger partial charge in [0, 0.05) is 10.9 Å². The summed E-state index contributed by atoms with van der Waals surface area (Å²) in [6.07, 6.45) is 0. The summed E-state index contributed by atoms with van der Waals surface area (Å²) in [7, 11) is 0. The molecule has 142 valence electrons. The highest BCUT2D eigenvalue weighted by Crippen LogP contribution is 2.33. The Kier molecular flexibility index (Phi) is 4.83. The molecule has 4 rings (SSSR count). The van der Waals surface area contributed by atoms with Gasteiger partial charge in [0.05, 0.1) is 18.0 Å². The second-order valence-electron chi connectivity index (χ2n) is 6.52. The third-order valence-corrected chi connectivity index (χ3v) is 5.32. The number of anilines is 1. The van der Waals surface area contributed by atoms with Crippen molar-refractivity contribution >= 4 is 17.2 Å². The van der Waals surface area contributed by atoms with E-state index in [9.17, 15) is 0 Å². The molecule has 0 spiro atoms. The van der Waals surface area contributed by atoms with E-state index in [0.717, 1.165) is 27.7 Å². The monoisotopic (exact) mass is 391 g/mol. The van der Waals surface area contributed by atoms with Gasteiger partial charge in [-0.05, 0) is 56.7 Å². The summed E-state index contributed by atoms with van der Waals surface area (Å²) in [5.41, 5.74) is 12.2. The highest BCUT2D eigenvalue weighted by atomic mass is 32.1. The van der Waals surface area contributed by atoms with E-state index in [1.165, 1.54) is 22.5 Å². The summed E-state index contributed by atoms with van der Waals surface area (Å²) >= 11 is 1.52. The second-order valence-corrected chi connectivity index (χ2v) is 7.38. The lowest BCUT2D eigenvalue weighted by atomic mass is 10.0. The lowest BCUT2D eigenvalue weighted by molar-refractivity contribution is 0.340. The van der Waals surface area contributed by atoms with E-state index in [0.29, 0.717) is 18.1 Å². The molecule has 0 aliphatic rings. The molecule has 0 amide bonds. The first-order valence-electron chi connectivity index (χ1n) is 9.04. The molecule has 0 radical (unpaired) electrons. The summed E-state index contributed by atoms with van der Waals surface area (Å²) in [5, 5.41) is 11.3. The van der Waals surface area contributed by atoms with Gasteiger partial charge in [0.25, 0.3) is 0 Å². The molecule has 0 aliphatic heterocycles. The van der Waals surface area contributed by atoms with Gasteiger partial charge in [-0.3, -0.25) is 0 Å². The minimum Gasteiger partial charge on any atom is -0.494 e. The lowest BCUT2D eigenvalue weighted by Crippen LogP contribution is -2.02. The third kappa shape index (κ3) is 3.36. The zero-order chi connectivity index (χ0) is 19.7. The average molecular weight is 392 g/mol. The number of aromatic nitrogens is 4. The Labute approximate surface area is 167 Å². The van der Waals surface area contributed by atoms with Gasteiger partial charge in [-0.2, -0.15) is 4.68 Å². The molecule has 2 heterocycles.